The molecular formula is C13H16NOP. The molecule has 0 unspecified atom stereocenters. The summed E-state index contributed by atoms with van der Waals surface area (Å²) in [5, 5.41) is 1.99. The first-order chi connectivity index (χ1) is 7.52. The van der Waals surface area contributed by atoms with Gasteiger partial charge in [-0.2, -0.15) is 0 Å². The Labute approximate surface area is 96.1 Å². The SMILES string of the molecule is CCc1nc2ccccc2cc1P(C)(C)=O. The Morgan fingerprint density at radius 2 is 1.94 bits per heavy atom. The zero-order valence-corrected chi connectivity index (χ0v) is 10.8. The summed E-state index contributed by atoms with van der Waals surface area (Å²) >= 11 is 0. The van der Waals surface area contributed by atoms with Crippen molar-refractivity contribution in [2.24, 2.45) is 0 Å². The zero-order chi connectivity index (χ0) is 11.8. The number of hydrogen-bond donors (Lipinski definition) is 0. The second-order valence-corrected chi connectivity index (χ2v) is 7.53. The Bertz CT molecular complexity index is 571. The molecule has 0 aliphatic heterocycles. The highest BCUT2D eigenvalue weighted by Gasteiger charge is 2.17. The van der Waals surface area contributed by atoms with E-state index in [0.29, 0.717) is 0 Å². The quantitative estimate of drug-likeness (QED) is 0.746. The Kier molecular flexibility index (Phi) is 2.86. The van der Waals surface area contributed by atoms with E-state index in [2.05, 4.69) is 11.9 Å². The van der Waals surface area contributed by atoms with Crippen molar-refractivity contribution in [2.45, 2.75) is 13.3 Å². The summed E-state index contributed by atoms with van der Waals surface area (Å²) in [5.74, 6) is 0. The molecule has 0 bridgehead atoms. The maximum absolute atomic E-state index is 12.2. The lowest BCUT2D eigenvalue weighted by atomic mass is 10.2. The van der Waals surface area contributed by atoms with Crippen LogP contribution >= 0.6 is 7.14 Å². The third-order valence-corrected chi connectivity index (χ3v) is 4.24. The number of benzene rings is 1. The van der Waals surface area contributed by atoms with Gasteiger partial charge >= 0.3 is 0 Å². The van der Waals surface area contributed by atoms with Gasteiger partial charge in [0.1, 0.15) is 7.14 Å². The van der Waals surface area contributed by atoms with E-state index in [-0.39, 0.29) is 0 Å². The minimum atomic E-state index is -2.24. The van der Waals surface area contributed by atoms with Gasteiger partial charge in [0.15, 0.2) is 0 Å². The van der Waals surface area contributed by atoms with Crippen LogP contribution in [0.15, 0.2) is 30.3 Å². The monoisotopic (exact) mass is 233 g/mol. The van der Waals surface area contributed by atoms with E-state index in [4.69, 9.17) is 0 Å². The first-order valence-electron chi connectivity index (χ1n) is 5.46. The maximum atomic E-state index is 12.2. The first kappa shape index (κ1) is 11.3. The van der Waals surface area contributed by atoms with E-state index in [0.717, 1.165) is 28.3 Å². The summed E-state index contributed by atoms with van der Waals surface area (Å²) in [6.45, 7) is 5.66. The average Bonchev–Trinajstić information content (AvgIpc) is 2.26. The van der Waals surface area contributed by atoms with Gasteiger partial charge in [0, 0.05) is 10.7 Å². The Morgan fingerprint density at radius 3 is 2.56 bits per heavy atom. The molecule has 2 nitrogen and oxygen atoms in total. The third kappa shape index (κ3) is 2.03. The maximum Gasteiger partial charge on any atom is 0.111 e. The number of rotatable bonds is 2. The van der Waals surface area contributed by atoms with Crippen molar-refractivity contribution in [1.29, 1.82) is 0 Å². The molecule has 0 amide bonds. The van der Waals surface area contributed by atoms with Gasteiger partial charge in [0.2, 0.25) is 0 Å². The number of hydrogen-bond acceptors (Lipinski definition) is 2. The summed E-state index contributed by atoms with van der Waals surface area (Å²) in [6.07, 6.45) is 0.825. The number of fused-ring (bicyclic) bond motifs is 1. The highest BCUT2D eigenvalue weighted by Crippen LogP contribution is 2.36. The van der Waals surface area contributed by atoms with Crippen LogP contribution in [0.3, 0.4) is 0 Å². The molecule has 0 saturated carbocycles. The van der Waals surface area contributed by atoms with Crippen molar-refractivity contribution < 1.29 is 4.57 Å². The van der Waals surface area contributed by atoms with Gasteiger partial charge in [0.25, 0.3) is 0 Å². The van der Waals surface area contributed by atoms with E-state index in [9.17, 15) is 4.57 Å². The van der Waals surface area contributed by atoms with Gasteiger partial charge in [-0.05, 0) is 31.9 Å². The second kappa shape index (κ2) is 4.03. The van der Waals surface area contributed by atoms with Crippen LogP contribution in [0.2, 0.25) is 0 Å². The molecule has 3 heteroatoms. The van der Waals surface area contributed by atoms with Crippen LogP contribution in [0.1, 0.15) is 12.6 Å². The fourth-order valence-electron chi connectivity index (χ4n) is 1.87. The second-order valence-electron chi connectivity index (χ2n) is 4.35. The lowest BCUT2D eigenvalue weighted by Crippen LogP contribution is -2.12. The van der Waals surface area contributed by atoms with Gasteiger partial charge in [-0.1, -0.05) is 25.1 Å². The van der Waals surface area contributed by atoms with E-state index in [1.165, 1.54) is 0 Å². The van der Waals surface area contributed by atoms with Gasteiger partial charge < -0.3 is 4.57 Å². The van der Waals surface area contributed by atoms with Gasteiger partial charge in [-0.25, -0.2) is 0 Å². The first-order valence-corrected chi connectivity index (χ1v) is 8.06. The molecule has 0 radical (unpaired) electrons. The molecule has 84 valence electrons. The molecule has 2 rings (SSSR count). The Balaban J connectivity index is 2.78. The normalized spacial score (nSPS) is 11.9. The smallest absolute Gasteiger partial charge is 0.111 e. The number of aryl methyl sites for hydroxylation is 1. The zero-order valence-electron chi connectivity index (χ0n) is 9.90. The van der Waals surface area contributed by atoms with Crippen LogP contribution in [0.5, 0.6) is 0 Å². The molecule has 0 aliphatic carbocycles. The lowest BCUT2D eigenvalue weighted by Gasteiger charge is -2.12. The van der Waals surface area contributed by atoms with Crippen molar-refractivity contribution in [2.75, 3.05) is 13.3 Å². The van der Waals surface area contributed by atoms with Crippen LogP contribution in [0.4, 0.5) is 0 Å². The predicted octanol–water partition coefficient (Wildman–Crippen LogP) is 3.05. The number of aromatic nitrogens is 1. The fraction of sp³-hybridized carbons (Fsp3) is 0.308. The molecule has 2 aromatic rings. The number of nitrogens with zero attached hydrogens (tertiary/aromatic N) is 1. The molecule has 1 aromatic carbocycles. The van der Waals surface area contributed by atoms with Gasteiger partial charge in [0.05, 0.1) is 11.2 Å². The van der Waals surface area contributed by atoms with Crippen molar-refractivity contribution in [3.8, 4) is 0 Å². The summed E-state index contributed by atoms with van der Waals surface area (Å²) < 4.78 is 12.2. The van der Waals surface area contributed by atoms with Gasteiger partial charge in [-0.15, -0.1) is 0 Å². The lowest BCUT2D eigenvalue weighted by molar-refractivity contribution is 0.588. The average molecular weight is 233 g/mol. The largest absolute Gasteiger partial charge is 0.319 e. The van der Waals surface area contributed by atoms with E-state index in [1.807, 2.05) is 30.3 Å². The number of pyridine rings is 1. The highest BCUT2D eigenvalue weighted by atomic mass is 31.2. The molecule has 16 heavy (non-hydrogen) atoms. The number of para-hydroxylation sites is 1. The standard InChI is InChI=1S/C13H16NOP/c1-4-11-13(16(2,3)15)9-10-7-5-6-8-12(10)14-11/h5-9H,4H2,1-3H3. The van der Waals surface area contributed by atoms with Crippen LogP contribution in [0.25, 0.3) is 10.9 Å². The van der Waals surface area contributed by atoms with E-state index < -0.39 is 7.14 Å². The van der Waals surface area contributed by atoms with Crippen LogP contribution in [-0.2, 0) is 11.0 Å². The molecule has 1 aromatic heterocycles. The van der Waals surface area contributed by atoms with E-state index >= 15 is 0 Å². The summed E-state index contributed by atoms with van der Waals surface area (Å²) in [6, 6.07) is 10.00. The minimum Gasteiger partial charge on any atom is -0.319 e. The van der Waals surface area contributed by atoms with Crippen molar-refractivity contribution in [3.05, 3.63) is 36.0 Å². The predicted molar refractivity (Wildman–Crippen MR) is 70.2 cm³/mol. The van der Waals surface area contributed by atoms with Gasteiger partial charge in [-0.3, -0.25) is 4.98 Å². The van der Waals surface area contributed by atoms with Crippen molar-refractivity contribution in [3.63, 3.8) is 0 Å². The summed E-state index contributed by atoms with van der Waals surface area (Å²) in [5.41, 5.74) is 1.95. The Morgan fingerprint density at radius 1 is 1.25 bits per heavy atom. The van der Waals surface area contributed by atoms with Crippen LogP contribution in [0, 0.1) is 0 Å². The van der Waals surface area contributed by atoms with Crippen LogP contribution in [-0.4, -0.2) is 18.3 Å². The third-order valence-electron chi connectivity index (χ3n) is 2.70. The molecular weight excluding hydrogens is 217 g/mol. The molecule has 0 atom stereocenters. The summed E-state index contributed by atoms with van der Waals surface area (Å²) in [4.78, 5) is 4.59. The molecule has 0 aliphatic rings. The molecule has 0 N–H and O–H groups in total. The molecule has 0 fully saturated rings. The molecule has 0 spiro atoms. The molecule has 0 saturated heterocycles. The summed E-state index contributed by atoms with van der Waals surface area (Å²) in [7, 11) is -2.24. The Hall–Kier alpha value is -1.14. The fourth-order valence-corrected chi connectivity index (χ4v) is 3.15. The van der Waals surface area contributed by atoms with Crippen molar-refractivity contribution in [1.82, 2.24) is 4.98 Å². The topological polar surface area (TPSA) is 30.0 Å². The van der Waals surface area contributed by atoms with Crippen molar-refractivity contribution >= 4 is 23.3 Å². The minimum absolute atomic E-state index is 0.825. The van der Waals surface area contributed by atoms with E-state index in [1.54, 1.807) is 13.3 Å². The van der Waals surface area contributed by atoms with Crippen LogP contribution < -0.4 is 5.30 Å². The molecule has 1 heterocycles. The highest BCUT2D eigenvalue weighted by molar-refractivity contribution is 7.70.